The fraction of sp³-hybridized carbons (Fsp3) is 0.692. The largest absolute Gasteiger partial charge is 0.392 e. The number of hydrogen-bond acceptors (Lipinski definition) is 2. The van der Waals surface area contributed by atoms with Crippen LogP contribution in [-0.4, -0.2) is 17.8 Å². The molecule has 2 heteroatoms. The molecule has 86 valence electrons. The van der Waals surface area contributed by atoms with Gasteiger partial charge in [0.15, 0.2) is 0 Å². The lowest BCUT2D eigenvalue weighted by Gasteiger charge is -2.27. The van der Waals surface area contributed by atoms with E-state index in [1.807, 2.05) is 0 Å². The standard InChI is InChI=1S/C13H23NO/c1-3-13(14)10(2)7-8-12(9-15)11-5-4-6-11/h7-8,11,13,15H,3-6,9,14H2,1-2H3/b10-7+,12-8-. The third kappa shape index (κ3) is 3.47. The third-order valence-corrected chi connectivity index (χ3v) is 3.40. The molecule has 3 N–H and O–H groups in total. The van der Waals surface area contributed by atoms with E-state index in [2.05, 4.69) is 26.0 Å². The van der Waals surface area contributed by atoms with Crippen LogP contribution in [0.25, 0.3) is 0 Å². The lowest BCUT2D eigenvalue weighted by Crippen LogP contribution is -2.20. The van der Waals surface area contributed by atoms with Gasteiger partial charge < -0.3 is 10.8 Å². The Morgan fingerprint density at radius 2 is 2.13 bits per heavy atom. The molecule has 1 saturated carbocycles. The van der Waals surface area contributed by atoms with Gasteiger partial charge in [0.2, 0.25) is 0 Å². The SMILES string of the molecule is CCC(N)/C(C)=C/C=C(/CO)C1CCC1. The Morgan fingerprint density at radius 1 is 1.47 bits per heavy atom. The maximum absolute atomic E-state index is 9.24. The Balaban J connectivity index is 2.58. The molecule has 0 aromatic rings. The molecule has 1 fully saturated rings. The van der Waals surface area contributed by atoms with Crippen LogP contribution in [-0.2, 0) is 0 Å². The van der Waals surface area contributed by atoms with Crippen molar-refractivity contribution in [3.05, 3.63) is 23.3 Å². The molecule has 0 bridgehead atoms. The van der Waals surface area contributed by atoms with Gasteiger partial charge in [-0.3, -0.25) is 0 Å². The number of aliphatic hydroxyl groups is 1. The second kappa shape index (κ2) is 6.09. The summed E-state index contributed by atoms with van der Waals surface area (Å²) in [6, 6.07) is 0.155. The van der Waals surface area contributed by atoms with Crippen LogP contribution in [0.5, 0.6) is 0 Å². The van der Waals surface area contributed by atoms with Gasteiger partial charge >= 0.3 is 0 Å². The molecule has 0 heterocycles. The van der Waals surface area contributed by atoms with E-state index < -0.39 is 0 Å². The van der Waals surface area contributed by atoms with Crippen LogP contribution in [0.2, 0.25) is 0 Å². The van der Waals surface area contributed by atoms with E-state index >= 15 is 0 Å². The molecule has 15 heavy (non-hydrogen) atoms. The first-order valence-corrected chi connectivity index (χ1v) is 5.92. The molecule has 0 aromatic heterocycles. The van der Waals surface area contributed by atoms with Crippen LogP contribution in [0.15, 0.2) is 23.3 Å². The Kier molecular flexibility index (Phi) is 5.06. The van der Waals surface area contributed by atoms with Gasteiger partial charge in [0.25, 0.3) is 0 Å². The Bertz CT molecular complexity index is 251. The Hall–Kier alpha value is -0.600. The highest BCUT2D eigenvalue weighted by atomic mass is 16.3. The molecule has 2 nitrogen and oxygen atoms in total. The minimum atomic E-state index is 0.155. The summed E-state index contributed by atoms with van der Waals surface area (Å²) in [5, 5.41) is 9.24. The van der Waals surface area contributed by atoms with E-state index in [9.17, 15) is 5.11 Å². The Morgan fingerprint density at radius 3 is 2.53 bits per heavy atom. The molecular formula is C13H23NO. The summed E-state index contributed by atoms with van der Waals surface area (Å²) < 4.78 is 0. The predicted molar refractivity (Wildman–Crippen MR) is 64.5 cm³/mol. The molecule has 0 aromatic carbocycles. The zero-order valence-electron chi connectivity index (χ0n) is 9.87. The average Bonchev–Trinajstić information content (AvgIpc) is 2.19. The molecule has 0 amide bonds. The van der Waals surface area contributed by atoms with Gasteiger partial charge in [-0.05, 0) is 37.7 Å². The van der Waals surface area contributed by atoms with Gasteiger partial charge in [0, 0.05) is 6.04 Å². The van der Waals surface area contributed by atoms with E-state index in [1.54, 1.807) is 0 Å². The zero-order valence-corrected chi connectivity index (χ0v) is 9.87. The molecule has 1 aliphatic carbocycles. The number of aliphatic hydroxyl groups excluding tert-OH is 1. The van der Waals surface area contributed by atoms with Gasteiger partial charge in [0.1, 0.15) is 0 Å². The van der Waals surface area contributed by atoms with Crippen LogP contribution < -0.4 is 5.73 Å². The molecule has 1 atom stereocenters. The second-order valence-corrected chi connectivity index (χ2v) is 4.45. The average molecular weight is 209 g/mol. The molecule has 0 spiro atoms. The van der Waals surface area contributed by atoms with Crippen molar-refractivity contribution in [2.75, 3.05) is 6.61 Å². The number of hydrogen-bond donors (Lipinski definition) is 2. The molecule has 1 unspecified atom stereocenters. The molecule has 1 aliphatic rings. The van der Waals surface area contributed by atoms with Crippen LogP contribution in [0.1, 0.15) is 39.5 Å². The number of rotatable bonds is 5. The van der Waals surface area contributed by atoms with Crippen LogP contribution in [0, 0.1) is 5.92 Å². The fourth-order valence-corrected chi connectivity index (χ4v) is 1.78. The number of nitrogens with two attached hydrogens (primary N) is 1. The highest BCUT2D eigenvalue weighted by Crippen LogP contribution is 2.32. The number of allylic oxidation sites excluding steroid dienone is 2. The minimum Gasteiger partial charge on any atom is -0.392 e. The molecule has 1 rings (SSSR count). The molecule has 0 aliphatic heterocycles. The Labute approximate surface area is 92.9 Å². The van der Waals surface area contributed by atoms with Gasteiger partial charge in [0.05, 0.1) is 6.61 Å². The third-order valence-electron chi connectivity index (χ3n) is 3.40. The first-order chi connectivity index (χ1) is 7.19. The van der Waals surface area contributed by atoms with Crippen molar-refractivity contribution in [2.45, 2.75) is 45.6 Å². The summed E-state index contributed by atoms with van der Waals surface area (Å²) in [7, 11) is 0. The maximum atomic E-state index is 9.24. The summed E-state index contributed by atoms with van der Waals surface area (Å²) >= 11 is 0. The van der Waals surface area contributed by atoms with Crippen molar-refractivity contribution in [1.82, 2.24) is 0 Å². The summed E-state index contributed by atoms with van der Waals surface area (Å²) in [5.41, 5.74) is 8.27. The first kappa shape index (κ1) is 12.5. The van der Waals surface area contributed by atoms with Gasteiger partial charge in [-0.25, -0.2) is 0 Å². The van der Waals surface area contributed by atoms with E-state index in [1.165, 1.54) is 30.4 Å². The minimum absolute atomic E-state index is 0.155. The van der Waals surface area contributed by atoms with E-state index in [-0.39, 0.29) is 12.6 Å². The van der Waals surface area contributed by atoms with Gasteiger partial charge in [-0.2, -0.15) is 0 Å². The van der Waals surface area contributed by atoms with Crippen molar-refractivity contribution in [2.24, 2.45) is 11.7 Å². The highest BCUT2D eigenvalue weighted by molar-refractivity contribution is 5.22. The molecule has 0 saturated heterocycles. The van der Waals surface area contributed by atoms with Crippen molar-refractivity contribution in [3.63, 3.8) is 0 Å². The van der Waals surface area contributed by atoms with E-state index in [0.29, 0.717) is 5.92 Å². The maximum Gasteiger partial charge on any atom is 0.0647 e. The lowest BCUT2D eigenvalue weighted by atomic mass is 9.79. The molecule has 0 radical (unpaired) electrons. The predicted octanol–water partition coefficient (Wildman–Crippen LogP) is 2.39. The monoisotopic (exact) mass is 209 g/mol. The fourth-order valence-electron chi connectivity index (χ4n) is 1.78. The van der Waals surface area contributed by atoms with Gasteiger partial charge in [-0.15, -0.1) is 0 Å². The van der Waals surface area contributed by atoms with Crippen molar-refractivity contribution < 1.29 is 5.11 Å². The topological polar surface area (TPSA) is 46.2 Å². The van der Waals surface area contributed by atoms with Crippen molar-refractivity contribution in [3.8, 4) is 0 Å². The smallest absolute Gasteiger partial charge is 0.0647 e. The van der Waals surface area contributed by atoms with Crippen molar-refractivity contribution in [1.29, 1.82) is 0 Å². The normalized spacial score (nSPS) is 21.3. The summed E-state index contributed by atoms with van der Waals surface area (Å²) in [5.74, 6) is 0.622. The highest BCUT2D eigenvalue weighted by Gasteiger charge is 2.20. The van der Waals surface area contributed by atoms with Crippen molar-refractivity contribution >= 4 is 0 Å². The zero-order chi connectivity index (χ0) is 11.3. The van der Waals surface area contributed by atoms with Crippen LogP contribution in [0.4, 0.5) is 0 Å². The van der Waals surface area contributed by atoms with Gasteiger partial charge in [-0.1, -0.05) is 31.1 Å². The van der Waals surface area contributed by atoms with E-state index in [0.717, 1.165) is 6.42 Å². The summed E-state index contributed by atoms with van der Waals surface area (Å²) in [6.07, 6.45) is 8.87. The first-order valence-electron chi connectivity index (χ1n) is 5.92. The molecular weight excluding hydrogens is 186 g/mol. The summed E-state index contributed by atoms with van der Waals surface area (Å²) in [6.45, 7) is 4.33. The lowest BCUT2D eigenvalue weighted by molar-refractivity contribution is 0.277. The second-order valence-electron chi connectivity index (χ2n) is 4.45. The van der Waals surface area contributed by atoms with Crippen LogP contribution in [0.3, 0.4) is 0 Å². The summed E-state index contributed by atoms with van der Waals surface area (Å²) in [4.78, 5) is 0. The van der Waals surface area contributed by atoms with Crippen LogP contribution >= 0.6 is 0 Å². The quantitative estimate of drug-likeness (QED) is 0.683. The van der Waals surface area contributed by atoms with E-state index in [4.69, 9.17) is 5.73 Å².